The molecule has 4 nitrogen and oxygen atoms in total. The molecule has 0 unspecified atom stereocenters. The molecule has 0 aliphatic carbocycles. The minimum Gasteiger partial charge on any atom is -1.00 e. The van der Waals surface area contributed by atoms with Crippen molar-refractivity contribution in [2.45, 2.75) is 0 Å². The number of hydrogen-bond donors (Lipinski definition) is 0. The molecule has 0 bridgehead atoms. The third-order valence-corrected chi connectivity index (χ3v) is 0. The molecule has 0 aliphatic rings. The summed E-state index contributed by atoms with van der Waals surface area (Å²) in [5.74, 6) is 0. The van der Waals surface area contributed by atoms with Crippen LogP contribution in [0.4, 0.5) is 0 Å². The average molecular weight is 152 g/mol. The van der Waals surface area contributed by atoms with E-state index in [4.69, 9.17) is 8.92 Å². The van der Waals surface area contributed by atoms with Gasteiger partial charge >= 0.3 is 32.3 Å². The maximum absolute atomic E-state index is 8.40. The van der Waals surface area contributed by atoms with Crippen LogP contribution in [-0.4, -0.2) is 60.7 Å². The van der Waals surface area contributed by atoms with Gasteiger partial charge in [0, 0.05) is 0 Å². The monoisotopic (exact) mass is 152 g/mol. The number of hydrogen-bond acceptors (Lipinski definition) is 2. The zero-order valence-corrected chi connectivity index (χ0v) is 5.44. The summed E-state index contributed by atoms with van der Waals surface area (Å²) in [6, 6.07) is 0. The molecular formula is H9AlMgO4Si. The van der Waals surface area contributed by atoms with Crippen LogP contribution in [0.5, 0.6) is 0 Å². The van der Waals surface area contributed by atoms with Gasteiger partial charge in [0.1, 0.15) is 0 Å². The summed E-state index contributed by atoms with van der Waals surface area (Å²) in [7, 11) is -1.42. The van der Waals surface area contributed by atoms with Gasteiger partial charge in [-0.1, -0.05) is 0 Å². The van der Waals surface area contributed by atoms with Gasteiger partial charge in [0.15, 0.2) is 17.4 Å². The fourth-order valence-electron chi connectivity index (χ4n) is 0. The number of rotatable bonds is 0. The van der Waals surface area contributed by atoms with Crippen molar-refractivity contribution in [2.75, 3.05) is 0 Å². The molecule has 0 heterocycles. The predicted octanol–water partition coefficient (Wildman–Crippen LogP) is -3.61. The molecule has 7 heavy (non-hydrogen) atoms. The van der Waals surface area contributed by atoms with Crippen molar-refractivity contribution < 1.29 is 22.7 Å². The second-order valence-electron chi connectivity index (χ2n) is 0.0833. The van der Waals surface area contributed by atoms with Gasteiger partial charge in [0.25, 0.3) is 0 Å². The van der Waals surface area contributed by atoms with Crippen molar-refractivity contribution >= 4 is 49.7 Å². The fraction of sp³-hybridized carbons (Fsp3) is 0. The molecule has 0 saturated carbocycles. The van der Waals surface area contributed by atoms with Crippen LogP contribution < -0.4 is 0 Å². The Labute approximate surface area is 72.5 Å². The van der Waals surface area contributed by atoms with E-state index < -0.39 is 9.29 Å². The van der Waals surface area contributed by atoms with Crippen LogP contribution in [0.2, 0.25) is 0 Å². The summed E-state index contributed by atoms with van der Waals surface area (Å²) < 4.78 is 16.8. The van der Waals surface area contributed by atoms with Gasteiger partial charge in [-0.05, 0) is 0 Å². The Morgan fingerprint density at radius 2 is 1.14 bits per heavy atom. The van der Waals surface area contributed by atoms with E-state index in [0.717, 1.165) is 0 Å². The van der Waals surface area contributed by atoms with Gasteiger partial charge in [-0.25, -0.2) is 0 Å². The summed E-state index contributed by atoms with van der Waals surface area (Å²) in [5, 5.41) is 0. The first-order valence-corrected chi connectivity index (χ1v) is 1.22. The summed E-state index contributed by atoms with van der Waals surface area (Å²) in [6.45, 7) is 0. The van der Waals surface area contributed by atoms with Gasteiger partial charge in [0.2, 0.25) is 0 Å². The van der Waals surface area contributed by atoms with Crippen LogP contribution in [0, 0.1) is 0 Å². The SMILES string of the molecule is O.O.O=[Si]=O.[AlH3].[H-].[H-].[Mg+2]. The van der Waals surface area contributed by atoms with Crippen molar-refractivity contribution in [2.24, 2.45) is 0 Å². The van der Waals surface area contributed by atoms with E-state index in [2.05, 4.69) is 0 Å². The minimum absolute atomic E-state index is 0. The second kappa shape index (κ2) is 61.9. The van der Waals surface area contributed by atoms with E-state index in [1.54, 1.807) is 0 Å². The molecule has 0 atom stereocenters. The van der Waals surface area contributed by atoms with E-state index in [0.29, 0.717) is 0 Å². The minimum atomic E-state index is -1.42. The van der Waals surface area contributed by atoms with E-state index in [1.807, 2.05) is 0 Å². The Balaban J connectivity index is -0.00000000133. The van der Waals surface area contributed by atoms with Crippen molar-refractivity contribution in [1.82, 2.24) is 0 Å². The van der Waals surface area contributed by atoms with Crippen LogP contribution in [-0.2, 0) is 8.92 Å². The summed E-state index contributed by atoms with van der Waals surface area (Å²) in [4.78, 5) is 0. The molecule has 0 aromatic heterocycles. The normalized spacial score (nSPS) is 1.14. The van der Waals surface area contributed by atoms with Crippen molar-refractivity contribution in [3.8, 4) is 0 Å². The molecule has 0 aliphatic heterocycles. The Morgan fingerprint density at radius 3 is 1.14 bits per heavy atom. The van der Waals surface area contributed by atoms with Crippen LogP contribution >= 0.6 is 0 Å². The van der Waals surface area contributed by atoms with E-state index >= 15 is 0 Å². The van der Waals surface area contributed by atoms with E-state index in [-0.39, 0.29) is 54.2 Å². The molecule has 42 valence electrons. The molecule has 4 N–H and O–H groups in total. The first kappa shape index (κ1) is 43.2. The Hall–Kier alpha value is 1.04. The third kappa shape index (κ3) is 166. The molecule has 0 amide bonds. The smallest absolute Gasteiger partial charge is 1.00 e. The molecule has 0 aromatic carbocycles. The summed E-state index contributed by atoms with van der Waals surface area (Å²) >= 11 is 0. The van der Waals surface area contributed by atoms with E-state index in [1.165, 1.54) is 0 Å². The molecule has 0 rings (SSSR count). The largest absolute Gasteiger partial charge is 2.00 e. The predicted molar refractivity (Wildman–Crippen MR) is 32.3 cm³/mol. The molecule has 0 aromatic rings. The Kier molecular flexibility index (Phi) is 381. The average Bonchev–Trinajstić information content (AvgIpc) is 0.918. The van der Waals surface area contributed by atoms with Crippen molar-refractivity contribution in [1.29, 1.82) is 0 Å². The first-order valence-electron chi connectivity index (χ1n) is 0.408. The fourth-order valence-corrected chi connectivity index (χ4v) is 0. The quantitative estimate of drug-likeness (QED) is 0.335. The van der Waals surface area contributed by atoms with E-state index in [9.17, 15) is 0 Å². The first-order chi connectivity index (χ1) is 1.41. The maximum atomic E-state index is 8.40. The van der Waals surface area contributed by atoms with Gasteiger partial charge in [-0.15, -0.1) is 0 Å². The molecular weight excluding hydrogens is 143 g/mol. The Morgan fingerprint density at radius 1 is 1.14 bits per heavy atom. The second-order valence-corrected chi connectivity index (χ2v) is 0.250. The van der Waals surface area contributed by atoms with Crippen molar-refractivity contribution in [3.05, 3.63) is 0 Å². The van der Waals surface area contributed by atoms with Gasteiger partial charge in [-0.3, -0.25) is 8.92 Å². The van der Waals surface area contributed by atoms with Gasteiger partial charge in [0.05, 0.1) is 0 Å². The van der Waals surface area contributed by atoms with Crippen LogP contribution in [0.15, 0.2) is 0 Å². The summed E-state index contributed by atoms with van der Waals surface area (Å²) in [6.07, 6.45) is 0. The molecule has 0 fully saturated rings. The Bertz CT molecular complexity index is 39.5. The summed E-state index contributed by atoms with van der Waals surface area (Å²) in [5.41, 5.74) is 0. The maximum Gasteiger partial charge on any atom is 2.00 e. The van der Waals surface area contributed by atoms with Crippen LogP contribution in [0.1, 0.15) is 2.85 Å². The molecule has 7 heteroatoms. The van der Waals surface area contributed by atoms with Gasteiger partial charge in [-0.2, -0.15) is 0 Å². The van der Waals surface area contributed by atoms with Crippen molar-refractivity contribution in [3.63, 3.8) is 0 Å². The zero-order valence-electron chi connectivity index (χ0n) is 5.02. The van der Waals surface area contributed by atoms with Gasteiger partial charge < -0.3 is 13.8 Å². The topological polar surface area (TPSA) is 97.1 Å². The van der Waals surface area contributed by atoms with Crippen LogP contribution in [0.3, 0.4) is 0 Å². The third-order valence-electron chi connectivity index (χ3n) is 0. The molecule has 0 spiro atoms. The zero-order chi connectivity index (χ0) is 2.71. The van der Waals surface area contributed by atoms with Crippen LogP contribution in [0.25, 0.3) is 0 Å². The molecule has 0 saturated heterocycles. The molecule has 0 radical (unpaired) electrons. The standard InChI is InChI=1S/Al.Mg.O2Si.2H2O.5H/c;;1-3-2;;;;;;;/h;;;2*1H2;;;;;/q;+2;;;;;;;2*-1.